The number of anilines is 1. The topological polar surface area (TPSA) is 128 Å². The Kier molecular flexibility index (Phi) is 3.11. The van der Waals surface area contributed by atoms with Crippen molar-refractivity contribution in [1.29, 1.82) is 0 Å². The number of nitrogens with one attached hydrogen (secondary N) is 3. The van der Waals surface area contributed by atoms with Crippen molar-refractivity contribution in [3.8, 4) is 0 Å². The van der Waals surface area contributed by atoms with Gasteiger partial charge in [0.2, 0.25) is 5.82 Å². The van der Waals surface area contributed by atoms with Crippen LogP contribution in [0.3, 0.4) is 0 Å². The lowest BCUT2D eigenvalue weighted by atomic mass is 9.94. The minimum atomic E-state index is -1.04. The van der Waals surface area contributed by atoms with Crippen LogP contribution in [0, 0.1) is 5.41 Å². The number of aromatic nitrogens is 3. The van der Waals surface area contributed by atoms with Crippen LogP contribution in [0.25, 0.3) is 0 Å². The molecule has 1 heterocycles. The molecule has 8 heteroatoms. The Morgan fingerprint density at radius 2 is 2.12 bits per heavy atom. The molecule has 1 aromatic heterocycles. The summed E-state index contributed by atoms with van der Waals surface area (Å²) in [4.78, 5) is 34.6. The lowest BCUT2D eigenvalue weighted by Gasteiger charge is -2.19. The smallest absolute Gasteiger partial charge is 0.342 e. The average Bonchev–Trinajstić information content (AvgIpc) is 2.16. The second-order valence-electron chi connectivity index (χ2n) is 3.90. The molecule has 0 spiro atoms. The lowest BCUT2D eigenvalue weighted by Crippen LogP contribution is -2.35. The molecule has 8 nitrogen and oxygen atoms in total. The van der Waals surface area contributed by atoms with Crippen LogP contribution < -0.4 is 16.6 Å². The van der Waals surface area contributed by atoms with Gasteiger partial charge in [0.25, 0.3) is 5.56 Å². The van der Waals surface area contributed by atoms with E-state index in [1.807, 2.05) is 10.1 Å². The first kappa shape index (κ1) is 12.0. The van der Waals surface area contributed by atoms with Crippen molar-refractivity contribution in [2.75, 3.05) is 11.9 Å². The van der Waals surface area contributed by atoms with Gasteiger partial charge in [-0.1, -0.05) is 0 Å². The largest absolute Gasteiger partial charge is 0.481 e. The first-order valence-corrected chi connectivity index (χ1v) is 4.49. The molecule has 0 saturated heterocycles. The second-order valence-corrected chi connectivity index (χ2v) is 3.90. The predicted octanol–water partition coefficient (Wildman–Crippen LogP) is -1.02. The average molecular weight is 228 g/mol. The number of rotatable bonds is 4. The molecule has 0 amide bonds. The number of carboxylic acids is 1. The summed E-state index contributed by atoms with van der Waals surface area (Å²) in [6.45, 7) is 3.02. The molecule has 0 aromatic carbocycles. The van der Waals surface area contributed by atoms with Gasteiger partial charge >= 0.3 is 11.7 Å². The van der Waals surface area contributed by atoms with Gasteiger partial charge in [0.15, 0.2) is 0 Å². The van der Waals surface area contributed by atoms with Crippen molar-refractivity contribution < 1.29 is 9.90 Å². The number of nitrogens with zero attached hydrogens (tertiary/aromatic N) is 1. The minimum Gasteiger partial charge on any atom is -0.481 e. The highest BCUT2D eigenvalue weighted by molar-refractivity contribution is 5.74. The molecule has 1 aromatic rings. The molecule has 0 unspecified atom stereocenters. The van der Waals surface area contributed by atoms with Crippen LogP contribution in [0.5, 0.6) is 0 Å². The second kappa shape index (κ2) is 4.17. The third kappa shape index (κ3) is 2.69. The summed E-state index contributed by atoms with van der Waals surface area (Å²) < 4.78 is 0. The maximum atomic E-state index is 11.2. The fourth-order valence-corrected chi connectivity index (χ4v) is 0.848. The third-order valence-electron chi connectivity index (χ3n) is 1.99. The molecule has 0 fully saturated rings. The van der Waals surface area contributed by atoms with Gasteiger partial charge < -0.3 is 10.4 Å². The molecule has 0 saturated carbocycles. The van der Waals surface area contributed by atoms with Crippen LogP contribution in [0.4, 0.5) is 5.82 Å². The van der Waals surface area contributed by atoms with Crippen LogP contribution in [-0.4, -0.2) is 32.8 Å². The minimum absolute atomic E-state index is 0.0183. The highest BCUT2D eigenvalue weighted by Gasteiger charge is 2.27. The normalized spacial score (nSPS) is 11.1. The van der Waals surface area contributed by atoms with E-state index in [9.17, 15) is 14.4 Å². The van der Waals surface area contributed by atoms with Gasteiger partial charge in [-0.05, 0) is 13.8 Å². The van der Waals surface area contributed by atoms with Gasteiger partial charge in [0.1, 0.15) is 0 Å². The van der Waals surface area contributed by atoms with Crippen molar-refractivity contribution in [2.24, 2.45) is 5.41 Å². The highest BCUT2D eigenvalue weighted by atomic mass is 16.4. The fraction of sp³-hybridized carbons (Fsp3) is 0.500. The maximum Gasteiger partial charge on any atom is 0.342 e. The first-order valence-electron chi connectivity index (χ1n) is 4.49. The third-order valence-corrected chi connectivity index (χ3v) is 1.99. The Morgan fingerprint density at radius 3 is 2.62 bits per heavy atom. The van der Waals surface area contributed by atoms with Gasteiger partial charge in [0, 0.05) is 6.54 Å². The Bertz CT molecular complexity index is 501. The van der Waals surface area contributed by atoms with Crippen molar-refractivity contribution in [2.45, 2.75) is 13.8 Å². The molecule has 4 N–H and O–H groups in total. The molecular weight excluding hydrogens is 216 g/mol. The van der Waals surface area contributed by atoms with Gasteiger partial charge in [-0.15, -0.1) is 5.10 Å². The van der Waals surface area contributed by atoms with E-state index in [1.165, 1.54) is 13.8 Å². The van der Waals surface area contributed by atoms with E-state index in [1.54, 1.807) is 0 Å². The van der Waals surface area contributed by atoms with Crippen LogP contribution in [0.1, 0.15) is 13.8 Å². The molecular formula is C8H12N4O4. The number of H-pyrrole nitrogens is 2. The van der Waals surface area contributed by atoms with Crippen molar-refractivity contribution in [1.82, 2.24) is 15.2 Å². The molecule has 1 rings (SSSR count). The van der Waals surface area contributed by atoms with E-state index in [0.29, 0.717) is 0 Å². The number of carbonyl (C=O) groups is 1. The van der Waals surface area contributed by atoms with Crippen molar-refractivity contribution >= 4 is 11.8 Å². The first-order chi connectivity index (χ1) is 7.33. The van der Waals surface area contributed by atoms with E-state index >= 15 is 0 Å². The Labute approximate surface area is 89.7 Å². The number of carboxylic acid groups (broad SMARTS) is 1. The van der Waals surface area contributed by atoms with E-state index < -0.39 is 22.6 Å². The van der Waals surface area contributed by atoms with Gasteiger partial charge in [-0.25, -0.2) is 9.89 Å². The molecule has 16 heavy (non-hydrogen) atoms. The van der Waals surface area contributed by atoms with Crippen molar-refractivity contribution in [3.63, 3.8) is 0 Å². The maximum absolute atomic E-state index is 11.2. The zero-order valence-corrected chi connectivity index (χ0v) is 8.83. The van der Waals surface area contributed by atoms with Crippen LogP contribution in [0.15, 0.2) is 9.59 Å². The summed E-state index contributed by atoms with van der Waals surface area (Å²) in [5.74, 6) is -1.12. The summed E-state index contributed by atoms with van der Waals surface area (Å²) in [7, 11) is 0. The van der Waals surface area contributed by atoms with Gasteiger partial charge in [-0.3, -0.25) is 14.6 Å². The summed E-state index contributed by atoms with van der Waals surface area (Å²) >= 11 is 0. The Morgan fingerprint density at radius 1 is 1.50 bits per heavy atom. The molecule has 0 atom stereocenters. The number of hydrogen-bond donors (Lipinski definition) is 4. The highest BCUT2D eigenvalue weighted by Crippen LogP contribution is 2.14. The van der Waals surface area contributed by atoms with Crippen LogP contribution in [0.2, 0.25) is 0 Å². The van der Waals surface area contributed by atoms with Crippen LogP contribution >= 0.6 is 0 Å². The van der Waals surface area contributed by atoms with E-state index in [4.69, 9.17) is 5.11 Å². The molecule has 0 radical (unpaired) electrons. The van der Waals surface area contributed by atoms with Gasteiger partial charge in [-0.2, -0.15) is 0 Å². The van der Waals surface area contributed by atoms with Crippen LogP contribution in [-0.2, 0) is 4.79 Å². The monoisotopic (exact) mass is 228 g/mol. The predicted molar refractivity (Wildman–Crippen MR) is 55.4 cm³/mol. The molecule has 88 valence electrons. The zero-order valence-electron chi connectivity index (χ0n) is 8.83. The summed E-state index contributed by atoms with van der Waals surface area (Å²) in [6, 6.07) is 0. The van der Waals surface area contributed by atoms with Crippen molar-refractivity contribution in [3.05, 3.63) is 20.8 Å². The standard InChI is InChI=1S/C8H12N4O4/c1-8(2,6(14)15)3-9-4-5(13)10-7(16)12-11-4/h3H2,1-2H3,(H,9,11)(H,14,15)(H2,10,12,13,16). The Balaban J connectivity index is 2.80. The SMILES string of the molecule is CC(C)(CNc1n[nH]c(=O)[nH]c1=O)C(=O)O. The van der Waals surface area contributed by atoms with E-state index in [-0.39, 0.29) is 12.4 Å². The summed E-state index contributed by atoms with van der Waals surface area (Å²) in [6.07, 6.45) is 0. The van der Waals surface area contributed by atoms with E-state index in [2.05, 4.69) is 10.4 Å². The Hall–Kier alpha value is -2.12. The number of hydrogen-bond acceptors (Lipinski definition) is 5. The summed E-state index contributed by atoms with van der Waals surface area (Å²) in [5, 5.41) is 16.9. The lowest BCUT2D eigenvalue weighted by molar-refractivity contribution is -0.146. The quantitative estimate of drug-likeness (QED) is 0.522. The zero-order chi connectivity index (χ0) is 12.3. The fourth-order valence-electron chi connectivity index (χ4n) is 0.848. The molecule has 0 aliphatic rings. The van der Waals surface area contributed by atoms with E-state index in [0.717, 1.165) is 0 Å². The molecule has 0 aliphatic carbocycles. The van der Waals surface area contributed by atoms with Gasteiger partial charge in [0.05, 0.1) is 5.41 Å². The molecule has 0 bridgehead atoms. The number of aromatic amines is 2. The number of aliphatic carboxylic acids is 1. The molecule has 0 aliphatic heterocycles. The summed E-state index contributed by atoms with van der Waals surface area (Å²) in [5.41, 5.74) is -2.44.